The predicted octanol–water partition coefficient (Wildman–Crippen LogP) is 4.65. The number of benzene rings is 3. The van der Waals surface area contributed by atoms with Crippen LogP contribution in [0.4, 0.5) is 0 Å². The third-order valence-electron chi connectivity index (χ3n) is 4.93. The van der Waals surface area contributed by atoms with Crippen molar-refractivity contribution in [3.63, 3.8) is 0 Å². The lowest BCUT2D eigenvalue weighted by Crippen LogP contribution is -2.03. The topological polar surface area (TPSA) is 62.1 Å². The maximum Gasteiger partial charge on any atom is 0.322 e. The zero-order chi connectivity index (χ0) is 19.8. The first-order chi connectivity index (χ1) is 14.3. The Bertz CT molecular complexity index is 1270. The van der Waals surface area contributed by atoms with Gasteiger partial charge in [-0.3, -0.25) is 0 Å². The Morgan fingerprint density at radius 2 is 1.14 bits per heavy atom. The predicted molar refractivity (Wildman–Crippen MR) is 113 cm³/mol. The molecule has 5 rings (SSSR count). The van der Waals surface area contributed by atoms with E-state index in [-0.39, 0.29) is 12.0 Å². The van der Waals surface area contributed by atoms with Gasteiger partial charge in [0.05, 0.1) is 30.9 Å². The largest absolute Gasteiger partial charge is 0.467 e. The molecule has 0 aliphatic rings. The van der Waals surface area contributed by atoms with Crippen LogP contribution >= 0.6 is 0 Å². The maximum atomic E-state index is 5.24. The lowest BCUT2D eigenvalue weighted by molar-refractivity contribution is 0.341. The van der Waals surface area contributed by atoms with Crippen molar-refractivity contribution >= 4 is 21.8 Å². The first-order valence-corrected chi connectivity index (χ1v) is 9.22. The molecular formula is C23H18N4O2. The number of hydrogen-bond donors (Lipinski definition) is 0. The lowest BCUT2D eigenvalue weighted by Gasteiger charge is -2.13. The van der Waals surface area contributed by atoms with E-state index >= 15 is 0 Å². The standard InChI is InChI=1S/C23H18N4O2/c1-28-22-24-21(25-23(26-22)29-2)17-11-5-8-14-20(17)27-18-12-6-3-9-15(18)16-10-4-7-13-19(16)27/h3-14H,1-2H3. The first kappa shape index (κ1) is 17.2. The highest BCUT2D eigenvalue weighted by Crippen LogP contribution is 2.35. The zero-order valence-corrected chi connectivity index (χ0v) is 16.0. The van der Waals surface area contributed by atoms with E-state index in [1.165, 1.54) is 25.0 Å². The van der Waals surface area contributed by atoms with E-state index in [4.69, 9.17) is 9.47 Å². The Morgan fingerprint density at radius 3 is 1.72 bits per heavy atom. The van der Waals surface area contributed by atoms with Gasteiger partial charge in [-0.2, -0.15) is 9.97 Å². The smallest absolute Gasteiger partial charge is 0.322 e. The molecule has 2 aromatic heterocycles. The van der Waals surface area contributed by atoms with Crippen LogP contribution in [0.15, 0.2) is 72.8 Å². The number of fused-ring (bicyclic) bond motifs is 3. The van der Waals surface area contributed by atoms with Crippen LogP contribution in [0.5, 0.6) is 12.0 Å². The van der Waals surface area contributed by atoms with E-state index in [9.17, 15) is 0 Å². The van der Waals surface area contributed by atoms with E-state index in [1.807, 2.05) is 18.2 Å². The van der Waals surface area contributed by atoms with Crippen molar-refractivity contribution in [3.8, 4) is 29.1 Å². The van der Waals surface area contributed by atoms with Crippen LogP contribution in [-0.2, 0) is 0 Å². The molecule has 29 heavy (non-hydrogen) atoms. The van der Waals surface area contributed by atoms with Crippen molar-refractivity contribution in [3.05, 3.63) is 72.8 Å². The number of rotatable bonds is 4. The fourth-order valence-corrected chi connectivity index (χ4v) is 3.68. The van der Waals surface area contributed by atoms with Gasteiger partial charge < -0.3 is 14.0 Å². The van der Waals surface area contributed by atoms with Crippen LogP contribution in [0.3, 0.4) is 0 Å². The number of hydrogen-bond acceptors (Lipinski definition) is 5. The number of para-hydroxylation sites is 3. The highest BCUT2D eigenvalue weighted by atomic mass is 16.5. The molecule has 0 fully saturated rings. The second-order valence-electron chi connectivity index (χ2n) is 6.52. The van der Waals surface area contributed by atoms with Crippen LogP contribution in [0.2, 0.25) is 0 Å². The molecule has 0 aliphatic carbocycles. The summed E-state index contributed by atoms with van der Waals surface area (Å²) in [6, 6.07) is 25.2. The summed E-state index contributed by atoms with van der Waals surface area (Å²) in [5, 5.41) is 2.40. The van der Waals surface area contributed by atoms with Gasteiger partial charge in [-0.1, -0.05) is 48.5 Å². The minimum atomic E-state index is 0.212. The number of nitrogens with zero attached hydrogens (tertiary/aromatic N) is 4. The summed E-state index contributed by atoms with van der Waals surface area (Å²) in [4.78, 5) is 13.0. The van der Waals surface area contributed by atoms with Gasteiger partial charge in [0, 0.05) is 16.3 Å². The van der Waals surface area contributed by atoms with Crippen LogP contribution in [0, 0.1) is 0 Å². The Kier molecular flexibility index (Phi) is 4.09. The highest BCUT2D eigenvalue weighted by Gasteiger charge is 2.17. The minimum absolute atomic E-state index is 0.212. The normalized spacial score (nSPS) is 11.1. The average Bonchev–Trinajstić information content (AvgIpc) is 3.13. The molecule has 0 unspecified atom stereocenters. The van der Waals surface area contributed by atoms with E-state index in [1.54, 1.807) is 0 Å². The third-order valence-corrected chi connectivity index (χ3v) is 4.93. The molecule has 0 spiro atoms. The molecular weight excluding hydrogens is 364 g/mol. The lowest BCUT2D eigenvalue weighted by atomic mass is 10.1. The van der Waals surface area contributed by atoms with Gasteiger partial charge in [-0.25, -0.2) is 0 Å². The summed E-state index contributed by atoms with van der Waals surface area (Å²) >= 11 is 0. The summed E-state index contributed by atoms with van der Waals surface area (Å²) in [6.07, 6.45) is 0. The molecule has 0 aliphatic heterocycles. The molecule has 3 aromatic carbocycles. The second kappa shape index (κ2) is 6.91. The zero-order valence-electron chi connectivity index (χ0n) is 16.0. The van der Waals surface area contributed by atoms with Gasteiger partial charge in [0.15, 0.2) is 5.82 Å². The molecule has 6 nitrogen and oxygen atoms in total. The molecule has 0 radical (unpaired) electrons. The molecule has 0 amide bonds. The Labute approximate surface area is 167 Å². The average molecular weight is 382 g/mol. The molecule has 6 heteroatoms. The van der Waals surface area contributed by atoms with Crippen LogP contribution in [0.1, 0.15) is 0 Å². The van der Waals surface area contributed by atoms with Gasteiger partial charge in [0.1, 0.15) is 0 Å². The van der Waals surface area contributed by atoms with Gasteiger partial charge >= 0.3 is 12.0 Å². The molecule has 2 heterocycles. The van der Waals surface area contributed by atoms with Crippen LogP contribution in [0.25, 0.3) is 38.9 Å². The molecule has 0 saturated heterocycles. The Morgan fingerprint density at radius 1 is 0.621 bits per heavy atom. The monoisotopic (exact) mass is 382 g/mol. The number of ether oxygens (including phenoxy) is 2. The van der Waals surface area contributed by atoms with Crippen molar-refractivity contribution in [2.45, 2.75) is 0 Å². The third kappa shape index (κ3) is 2.77. The van der Waals surface area contributed by atoms with Crippen molar-refractivity contribution in [1.29, 1.82) is 0 Å². The molecule has 0 atom stereocenters. The first-order valence-electron chi connectivity index (χ1n) is 9.22. The van der Waals surface area contributed by atoms with Crippen LogP contribution < -0.4 is 9.47 Å². The van der Waals surface area contributed by atoms with Crippen molar-refractivity contribution in [2.24, 2.45) is 0 Å². The fraction of sp³-hybridized carbons (Fsp3) is 0.0870. The SMILES string of the molecule is COc1nc(OC)nc(-c2ccccc2-n2c3ccccc3c3ccccc32)n1. The van der Waals surface area contributed by atoms with Gasteiger partial charge in [0.2, 0.25) is 0 Å². The molecule has 5 aromatic rings. The second-order valence-corrected chi connectivity index (χ2v) is 6.52. The number of aromatic nitrogens is 4. The highest BCUT2D eigenvalue weighted by molar-refractivity contribution is 6.09. The van der Waals surface area contributed by atoms with Gasteiger partial charge in [0.25, 0.3) is 0 Å². The maximum absolute atomic E-state index is 5.24. The van der Waals surface area contributed by atoms with E-state index < -0.39 is 0 Å². The Hall–Kier alpha value is -3.93. The van der Waals surface area contributed by atoms with E-state index in [2.05, 4.69) is 74.1 Å². The fourth-order valence-electron chi connectivity index (χ4n) is 3.68. The van der Waals surface area contributed by atoms with Crippen LogP contribution in [-0.4, -0.2) is 33.7 Å². The van der Waals surface area contributed by atoms with Crippen molar-refractivity contribution in [1.82, 2.24) is 19.5 Å². The summed E-state index contributed by atoms with van der Waals surface area (Å²) < 4.78 is 12.7. The summed E-state index contributed by atoms with van der Waals surface area (Å²) in [5.41, 5.74) is 4.07. The van der Waals surface area contributed by atoms with Crippen molar-refractivity contribution in [2.75, 3.05) is 14.2 Å². The number of methoxy groups -OCH3 is 2. The molecule has 0 N–H and O–H groups in total. The molecule has 0 saturated carbocycles. The summed E-state index contributed by atoms with van der Waals surface area (Å²) in [6.45, 7) is 0. The quantitative estimate of drug-likeness (QED) is 0.453. The summed E-state index contributed by atoms with van der Waals surface area (Å²) in [5.74, 6) is 0.492. The van der Waals surface area contributed by atoms with E-state index in [0.29, 0.717) is 5.82 Å². The van der Waals surface area contributed by atoms with Gasteiger partial charge in [-0.05, 0) is 24.3 Å². The Balaban J connectivity index is 1.85. The molecule has 142 valence electrons. The molecule has 0 bridgehead atoms. The minimum Gasteiger partial charge on any atom is -0.467 e. The van der Waals surface area contributed by atoms with E-state index in [0.717, 1.165) is 22.3 Å². The van der Waals surface area contributed by atoms with Crippen molar-refractivity contribution < 1.29 is 9.47 Å². The van der Waals surface area contributed by atoms with Gasteiger partial charge in [-0.15, -0.1) is 4.98 Å². The summed E-state index contributed by atoms with van der Waals surface area (Å²) in [7, 11) is 3.05.